The van der Waals surface area contributed by atoms with Crippen LogP contribution in [0.4, 0.5) is 5.69 Å². The first kappa shape index (κ1) is 21.8. The number of piperazine rings is 1. The number of pyridine rings is 1. The number of carbonyl (C=O) groups excluding carboxylic acids is 1. The van der Waals surface area contributed by atoms with E-state index in [1.165, 1.54) is 6.42 Å². The average Bonchev–Trinajstić information content (AvgIpc) is 3.58. The maximum atomic E-state index is 12.7. The maximum absolute atomic E-state index is 12.7. The highest BCUT2D eigenvalue weighted by molar-refractivity contribution is 5.96. The smallest absolute Gasteiger partial charge is 0.249 e. The van der Waals surface area contributed by atoms with Gasteiger partial charge in [-0.15, -0.1) is 0 Å². The lowest BCUT2D eigenvalue weighted by molar-refractivity contribution is 0.0999. The van der Waals surface area contributed by atoms with Gasteiger partial charge in [-0.2, -0.15) is 5.10 Å². The first-order chi connectivity index (χ1) is 16.9. The third-order valence-electron chi connectivity index (χ3n) is 7.83. The molecule has 2 aliphatic heterocycles. The van der Waals surface area contributed by atoms with E-state index in [1.54, 1.807) is 4.68 Å². The molecule has 178 valence electrons. The van der Waals surface area contributed by atoms with E-state index in [9.17, 15) is 4.79 Å². The van der Waals surface area contributed by atoms with Gasteiger partial charge in [0, 0.05) is 66.5 Å². The zero-order valence-electron chi connectivity index (χ0n) is 20.3. The Hall–Kier alpha value is -3.71. The number of benzene rings is 2. The van der Waals surface area contributed by atoms with Gasteiger partial charge in [0.15, 0.2) is 0 Å². The molecular formula is C28H30N6O. The number of primary amides is 1. The SMILES string of the molecule is C[C@@H](c1ccc(N2C[C@H]3C[C@@H]2CN3C)cc1C(N)=O)c1cc(-c2cnn(C)c2)nc2ccccc12. The molecule has 0 radical (unpaired) electrons. The molecule has 6 rings (SSSR count). The number of nitrogens with zero attached hydrogens (tertiary/aromatic N) is 5. The number of aromatic nitrogens is 3. The third-order valence-corrected chi connectivity index (χ3v) is 7.83. The summed E-state index contributed by atoms with van der Waals surface area (Å²) >= 11 is 0. The van der Waals surface area contributed by atoms with Crippen molar-refractivity contribution in [3.05, 3.63) is 77.6 Å². The molecular weight excluding hydrogens is 436 g/mol. The van der Waals surface area contributed by atoms with E-state index in [2.05, 4.69) is 53.1 Å². The van der Waals surface area contributed by atoms with Gasteiger partial charge in [-0.05, 0) is 48.9 Å². The number of rotatable bonds is 5. The van der Waals surface area contributed by atoms with Crippen LogP contribution in [0.3, 0.4) is 0 Å². The van der Waals surface area contributed by atoms with Gasteiger partial charge in [0.25, 0.3) is 0 Å². The molecule has 2 fully saturated rings. The molecule has 2 bridgehead atoms. The summed E-state index contributed by atoms with van der Waals surface area (Å²) < 4.78 is 1.78. The molecule has 35 heavy (non-hydrogen) atoms. The predicted molar refractivity (Wildman–Crippen MR) is 139 cm³/mol. The van der Waals surface area contributed by atoms with Crippen LogP contribution in [-0.4, -0.2) is 57.8 Å². The van der Waals surface area contributed by atoms with Gasteiger partial charge in [0.1, 0.15) is 0 Å². The summed E-state index contributed by atoms with van der Waals surface area (Å²) in [6.07, 6.45) is 4.98. The van der Waals surface area contributed by atoms with Crippen LogP contribution in [0.5, 0.6) is 0 Å². The van der Waals surface area contributed by atoms with Crippen LogP contribution in [0, 0.1) is 0 Å². The Morgan fingerprint density at radius 1 is 1.06 bits per heavy atom. The van der Waals surface area contributed by atoms with Crippen LogP contribution in [0.15, 0.2) is 60.9 Å². The van der Waals surface area contributed by atoms with Crippen LogP contribution < -0.4 is 10.6 Å². The Balaban J connectivity index is 1.43. The van der Waals surface area contributed by atoms with E-state index in [4.69, 9.17) is 10.7 Å². The molecule has 3 atom stereocenters. The van der Waals surface area contributed by atoms with Crippen LogP contribution in [0.25, 0.3) is 22.2 Å². The first-order valence-corrected chi connectivity index (χ1v) is 12.2. The highest BCUT2D eigenvalue weighted by Crippen LogP contribution is 2.38. The molecule has 0 unspecified atom stereocenters. The largest absolute Gasteiger partial charge is 0.366 e. The summed E-state index contributed by atoms with van der Waals surface area (Å²) in [6, 6.07) is 17.6. The molecule has 4 heterocycles. The van der Waals surface area contributed by atoms with Crippen molar-refractivity contribution >= 4 is 22.5 Å². The van der Waals surface area contributed by atoms with E-state index in [-0.39, 0.29) is 11.8 Å². The molecule has 4 aromatic rings. The number of anilines is 1. The summed E-state index contributed by atoms with van der Waals surface area (Å²) in [6.45, 7) is 4.20. The van der Waals surface area contributed by atoms with Crippen molar-refractivity contribution in [2.45, 2.75) is 31.3 Å². The fourth-order valence-electron chi connectivity index (χ4n) is 5.93. The first-order valence-electron chi connectivity index (χ1n) is 12.2. The maximum Gasteiger partial charge on any atom is 0.249 e. The van der Waals surface area contributed by atoms with E-state index in [1.807, 2.05) is 43.7 Å². The van der Waals surface area contributed by atoms with Crippen LogP contribution in [0.1, 0.15) is 40.7 Å². The molecule has 2 N–H and O–H groups in total. The van der Waals surface area contributed by atoms with E-state index in [0.29, 0.717) is 17.6 Å². The molecule has 2 aromatic heterocycles. The normalized spacial score (nSPS) is 20.6. The summed E-state index contributed by atoms with van der Waals surface area (Å²) in [5.74, 6) is -0.433. The van der Waals surface area contributed by atoms with Gasteiger partial charge >= 0.3 is 0 Å². The molecule has 7 heteroatoms. The lowest BCUT2D eigenvalue weighted by Crippen LogP contribution is -2.44. The van der Waals surface area contributed by atoms with Crippen molar-refractivity contribution in [2.24, 2.45) is 12.8 Å². The summed E-state index contributed by atoms with van der Waals surface area (Å²) in [5.41, 5.74) is 12.4. The van der Waals surface area contributed by atoms with Crippen molar-refractivity contribution in [1.82, 2.24) is 19.7 Å². The minimum atomic E-state index is -0.388. The number of hydrogen-bond donors (Lipinski definition) is 1. The monoisotopic (exact) mass is 466 g/mol. The molecule has 1 amide bonds. The number of nitrogens with two attached hydrogens (primary N) is 1. The quantitative estimate of drug-likeness (QED) is 0.484. The topological polar surface area (TPSA) is 80.3 Å². The van der Waals surface area contributed by atoms with Crippen molar-refractivity contribution < 1.29 is 4.79 Å². The van der Waals surface area contributed by atoms with Crippen LogP contribution in [0.2, 0.25) is 0 Å². The Labute approximate surface area is 205 Å². The molecule has 0 spiro atoms. The highest BCUT2D eigenvalue weighted by atomic mass is 16.1. The Bertz CT molecular complexity index is 1440. The minimum Gasteiger partial charge on any atom is -0.366 e. The summed E-state index contributed by atoms with van der Waals surface area (Å²) in [7, 11) is 4.10. The number of likely N-dealkylation sites (tertiary alicyclic amines) is 1. The van der Waals surface area contributed by atoms with Crippen molar-refractivity contribution in [2.75, 3.05) is 25.0 Å². The van der Waals surface area contributed by atoms with E-state index >= 15 is 0 Å². The predicted octanol–water partition coefficient (Wildman–Crippen LogP) is 3.78. The number of carbonyl (C=O) groups is 1. The summed E-state index contributed by atoms with van der Waals surface area (Å²) in [4.78, 5) is 22.4. The fourth-order valence-corrected chi connectivity index (χ4v) is 5.93. The lowest BCUT2D eigenvalue weighted by Gasteiger charge is -2.34. The molecule has 0 saturated carbocycles. The van der Waals surface area contributed by atoms with Crippen LogP contribution >= 0.6 is 0 Å². The number of amides is 1. The van der Waals surface area contributed by atoms with Crippen molar-refractivity contribution in [3.8, 4) is 11.3 Å². The van der Waals surface area contributed by atoms with Gasteiger partial charge in [-0.1, -0.05) is 31.2 Å². The number of hydrogen-bond acceptors (Lipinski definition) is 5. The molecule has 2 saturated heterocycles. The summed E-state index contributed by atoms with van der Waals surface area (Å²) in [5, 5.41) is 5.40. The second kappa shape index (κ2) is 8.20. The second-order valence-electron chi connectivity index (χ2n) is 10.0. The minimum absolute atomic E-state index is 0.0453. The van der Waals surface area contributed by atoms with E-state index in [0.717, 1.165) is 52.1 Å². The lowest BCUT2D eigenvalue weighted by atomic mass is 9.86. The van der Waals surface area contributed by atoms with Gasteiger partial charge in [0.2, 0.25) is 5.91 Å². The standard InChI is InChI=1S/C28H30N6O/c1-17(24-12-27(18-13-30-33(3)14-18)31-26-7-5-4-6-23(24)26)22-9-8-19(11-25(22)28(29)35)34-16-20-10-21(34)15-32(20)2/h4-9,11-14,17,20-21H,10,15-16H2,1-3H3,(H2,29,35)/t17-,20+,21+/m0/s1. The molecule has 7 nitrogen and oxygen atoms in total. The number of aryl methyl sites for hydroxylation is 1. The van der Waals surface area contributed by atoms with Gasteiger partial charge in [0.05, 0.1) is 17.4 Å². The zero-order valence-corrected chi connectivity index (χ0v) is 20.3. The molecule has 2 aromatic carbocycles. The second-order valence-corrected chi connectivity index (χ2v) is 10.0. The fraction of sp³-hybridized carbons (Fsp3) is 0.321. The van der Waals surface area contributed by atoms with Gasteiger partial charge in [-0.25, -0.2) is 4.98 Å². The Morgan fingerprint density at radius 2 is 1.89 bits per heavy atom. The zero-order chi connectivity index (χ0) is 24.3. The van der Waals surface area contributed by atoms with Crippen molar-refractivity contribution in [3.63, 3.8) is 0 Å². The molecule has 0 aliphatic carbocycles. The molecule has 2 aliphatic rings. The number of para-hydroxylation sites is 1. The highest BCUT2D eigenvalue weighted by Gasteiger charge is 2.41. The average molecular weight is 467 g/mol. The third kappa shape index (κ3) is 3.67. The van der Waals surface area contributed by atoms with Gasteiger partial charge in [-0.3, -0.25) is 14.4 Å². The number of likely N-dealkylation sites (N-methyl/N-ethyl adjacent to an activating group) is 1. The van der Waals surface area contributed by atoms with Crippen molar-refractivity contribution in [1.29, 1.82) is 0 Å². The van der Waals surface area contributed by atoms with E-state index < -0.39 is 0 Å². The van der Waals surface area contributed by atoms with Gasteiger partial charge < -0.3 is 10.6 Å². The number of fused-ring (bicyclic) bond motifs is 3. The Morgan fingerprint density at radius 3 is 2.57 bits per heavy atom. The van der Waals surface area contributed by atoms with Crippen LogP contribution in [-0.2, 0) is 7.05 Å². The Kier molecular flexibility index (Phi) is 5.11.